The number of nitrogens with zero attached hydrogens (tertiary/aromatic N) is 6. The minimum Gasteiger partial charge on any atom is -0.357 e. The Balaban J connectivity index is 1.54. The molecule has 0 saturated carbocycles. The summed E-state index contributed by atoms with van der Waals surface area (Å²) in [6, 6.07) is 2.03. The second-order valence-corrected chi connectivity index (χ2v) is 6.61. The van der Waals surface area contributed by atoms with Crippen LogP contribution in [-0.4, -0.2) is 34.5 Å². The fourth-order valence-corrected chi connectivity index (χ4v) is 2.91. The van der Waals surface area contributed by atoms with E-state index in [1.54, 1.807) is 6.20 Å². The molecule has 0 aliphatic carbocycles. The first kappa shape index (κ1) is 18.1. The SMILES string of the molecule is CCn1ncc(Cn2cc(NC(=S)NCc3cc(C)n(C)n3)cn2)c1C. The van der Waals surface area contributed by atoms with Crippen LogP contribution < -0.4 is 10.6 Å². The first-order valence-electron chi connectivity index (χ1n) is 8.54. The van der Waals surface area contributed by atoms with Crippen molar-refractivity contribution in [1.82, 2.24) is 34.7 Å². The van der Waals surface area contributed by atoms with Gasteiger partial charge in [-0.2, -0.15) is 15.3 Å². The quantitative estimate of drug-likeness (QED) is 0.645. The molecule has 0 atom stereocenters. The van der Waals surface area contributed by atoms with Gasteiger partial charge in [0.05, 0.1) is 36.9 Å². The highest BCUT2D eigenvalue weighted by atomic mass is 32.1. The van der Waals surface area contributed by atoms with Crippen molar-refractivity contribution >= 4 is 23.0 Å². The van der Waals surface area contributed by atoms with Gasteiger partial charge >= 0.3 is 0 Å². The van der Waals surface area contributed by atoms with Gasteiger partial charge in [-0.25, -0.2) is 0 Å². The topological polar surface area (TPSA) is 77.5 Å². The lowest BCUT2D eigenvalue weighted by Crippen LogP contribution is -2.27. The Morgan fingerprint density at radius 3 is 2.69 bits per heavy atom. The molecule has 3 heterocycles. The molecule has 0 fully saturated rings. The number of aromatic nitrogens is 6. The predicted molar refractivity (Wildman–Crippen MR) is 105 cm³/mol. The molecule has 3 rings (SSSR count). The summed E-state index contributed by atoms with van der Waals surface area (Å²) in [7, 11) is 1.93. The third-order valence-electron chi connectivity index (χ3n) is 4.32. The van der Waals surface area contributed by atoms with Crippen LogP contribution in [0.5, 0.6) is 0 Å². The number of anilines is 1. The van der Waals surface area contributed by atoms with E-state index >= 15 is 0 Å². The molecule has 0 spiro atoms. The van der Waals surface area contributed by atoms with Crippen LogP contribution >= 0.6 is 12.2 Å². The fraction of sp³-hybridized carbons (Fsp3) is 0.412. The molecule has 0 amide bonds. The third-order valence-corrected chi connectivity index (χ3v) is 4.57. The van der Waals surface area contributed by atoms with Gasteiger partial charge in [0.1, 0.15) is 0 Å². The average Bonchev–Trinajstić information content (AvgIpc) is 3.28. The largest absolute Gasteiger partial charge is 0.357 e. The highest BCUT2D eigenvalue weighted by molar-refractivity contribution is 7.80. The summed E-state index contributed by atoms with van der Waals surface area (Å²) >= 11 is 5.35. The van der Waals surface area contributed by atoms with E-state index in [0.717, 1.165) is 29.2 Å². The van der Waals surface area contributed by atoms with Crippen LogP contribution in [-0.2, 0) is 26.7 Å². The van der Waals surface area contributed by atoms with Crippen molar-refractivity contribution in [3.05, 3.63) is 47.3 Å². The molecule has 0 aliphatic heterocycles. The maximum atomic E-state index is 5.35. The molecule has 0 aliphatic rings. The van der Waals surface area contributed by atoms with E-state index in [4.69, 9.17) is 12.2 Å². The van der Waals surface area contributed by atoms with E-state index in [2.05, 4.69) is 39.8 Å². The van der Waals surface area contributed by atoms with E-state index in [1.807, 2.05) is 46.5 Å². The molecule has 8 nitrogen and oxygen atoms in total. The number of hydrogen-bond acceptors (Lipinski definition) is 4. The molecule has 0 radical (unpaired) electrons. The lowest BCUT2D eigenvalue weighted by molar-refractivity contribution is 0.633. The van der Waals surface area contributed by atoms with Crippen LogP contribution in [0.15, 0.2) is 24.7 Å². The van der Waals surface area contributed by atoms with Gasteiger partial charge in [0.15, 0.2) is 5.11 Å². The zero-order chi connectivity index (χ0) is 18.7. The molecule has 0 unspecified atom stereocenters. The van der Waals surface area contributed by atoms with Gasteiger partial charge < -0.3 is 10.6 Å². The zero-order valence-electron chi connectivity index (χ0n) is 15.5. The van der Waals surface area contributed by atoms with Crippen molar-refractivity contribution in [3.8, 4) is 0 Å². The Morgan fingerprint density at radius 2 is 2.04 bits per heavy atom. The van der Waals surface area contributed by atoms with Crippen LogP contribution in [0.25, 0.3) is 0 Å². The van der Waals surface area contributed by atoms with Crippen molar-refractivity contribution in [2.75, 3.05) is 5.32 Å². The maximum absolute atomic E-state index is 5.35. The van der Waals surface area contributed by atoms with E-state index in [-0.39, 0.29) is 0 Å². The van der Waals surface area contributed by atoms with Gasteiger partial charge in [0.25, 0.3) is 0 Å². The molecule has 26 heavy (non-hydrogen) atoms. The number of hydrogen-bond donors (Lipinski definition) is 2. The Hall–Kier alpha value is -2.68. The molecular formula is C17H24N8S. The Bertz CT molecular complexity index is 884. The number of thiocarbonyl (C=S) groups is 1. The average molecular weight is 373 g/mol. The molecule has 138 valence electrons. The zero-order valence-corrected chi connectivity index (χ0v) is 16.3. The second kappa shape index (κ2) is 7.69. The number of aryl methyl sites for hydroxylation is 3. The lowest BCUT2D eigenvalue weighted by atomic mass is 10.2. The summed E-state index contributed by atoms with van der Waals surface area (Å²) in [5, 5.41) is 20.0. The van der Waals surface area contributed by atoms with Gasteiger partial charge in [-0.15, -0.1) is 0 Å². The van der Waals surface area contributed by atoms with Crippen molar-refractivity contribution < 1.29 is 0 Å². The monoisotopic (exact) mass is 372 g/mol. The van der Waals surface area contributed by atoms with E-state index < -0.39 is 0 Å². The first-order chi connectivity index (χ1) is 12.5. The van der Waals surface area contributed by atoms with Crippen molar-refractivity contribution in [3.63, 3.8) is 0 Å². The standard InChI is InChI=1S/C17H24N8S/c1-5-25-13(3)14(7-20-25)10-24-11-16(9-19-24)21-17(26)18-8-15-6-12(2)23(4)22-15/h6-7,9,11H,5,8,10H2,1-4H3,(H2,18,21,26). The molecule has 3 aromatic heterocycles. The lowest BCUT2D eigenvalue weighted by Gasteiger charge is -2.07. The van der Waals surface area contributed by atoms with Crippen LogP contribution in [0.1, 0.15) is 29.6 Å². The number of nitrogens with one attached hydrogen (secondary N) is 2. The Morgan fingerprint density at radius 1 is 1.23 bits per heavy atom. The third kappa shape index (κ3) is 4.10. The minimum atomic E-state index is 0.544. The van der Waals surface area contributed by atoms with Gasteiger partial charge in [-0.1, -0.05) is 0 Å². The predicted octanol–water partition coefficient (Wildman–Crippen LogP) is 1.98. The highest BCUT2D eigenvalue weighted by Gasteiger charge is 2.08. The van der Waals surface area contributed by atoms with Crippen LogP contribution in [0.2, 0.25) is 0 Å². The smallest absolute Gasteiger partial charge is 0.171 e. The van der Waals surface area contributed by atoms with Crippen molar-refractivity contribution in [1.29, 1.82) is 0 Å². The summed E-state index contributed by atoms with van der Waals surface area (Å²) in [5.41, 5.74) is 5.24. The second-order valence-electron chi connectivity index (χ2n) is 6.21. The molecule has 0 saturated heterocycles. The molecule has 2 N–H and O–H groups in total. The summed E-state index contributed by atoms with van der Waals surface area (Å²) in [4.78, 5) is 0. The normalized spacial score (nSPS) is 10.9. The van der Waals surface area contributed by atoms with E-state index in [1.165, 1.54) is 5.69 Å². The Kier molecular flexibility index (Phi) is 5.36. The summed E-state index contributed by atoms with van der Waals surface area (Å²) in [6.07, 6.45) is 5.59. The highest BCUT2D eigenvalue weighted by Crippen LogP contribution is 2.11. The summed E-state index contributed by atoms with van der Waals surface area (Å²) in [5.74, 6) is 0. The molecule has 9 heteroatoms. The Labute approximate surface area is 158 Å². The van der Waals surface area contributed by atoms with E-state index in [9.17, 15) is 0 Å². The molecule has 0 aromatic carbocycles. The molecule has 0 bridgehead atoms. The molecule has 3 aromatic rings. The summed E-state index contributed by atoms with van der Waals surface area (Å²) in [6.45, 7) is 8.31. The molecular weight excluding hydrogens is 348 g/mol. The maximum Gasteiger partial charge on any atom is 0.171 e. The van der Waals surface area contributed by atoms with Gasteiger partial charge in [0.2, 0.25) is 0 Å². The van der Waals surface area contributed by atoms with E-state index in [0.29, 0.717) is 18.2 Å². The van der Waals surface area contributed by atoms with Crippen LogP contribution in [0.3, 0.4) is 0 Å². The first-order valence-corrected chi connectivity index (χ1v) is 8.95. The van der Waals surface area contributed by atoms with Crippen molar-refractivity contribution in [2.45, 2.75) is 40.4 Å². The van der Waals surface area contributed by atoms with Crippen molar-refractivity contribution in [2.24, 2.45) is 7.05 Å². The fourth-order valence-electron chi connectivity index (χ4n) is 2.72. The van der Waals surface area contributed by atoms with Gasteiger partial charge in [-0.3, -0.25) is 14.0 Å². The van der Waals surface area contributed by atoms with Gasteiger partial charge in [0, 0.05) is 36.7 Å². The number of rotatable bonds is 6. The van der Waals surface area contributed by atoms with Crippen LogP contribution in [0.4, 0.5) is 5.69 Å². The van der Waals surface area contributed by atoms with Crippen LogP contribution in [0, 0.1) is 13.8 Å². The van der Waals surface area contributed by atoms with Gasteiger partial charge in [-0.05, 0) is 39.1 Å². The minimum absolute atomic E-state index is 0.544. The summed E-state index contributed by atoms with van der Waals surface area (Å²) < 4.78 is 5.70.